The van der Waals surface area contributed by atoms with Gasteiger partial charge in [-0.3, -0.25) is 9.59 Å². The molecule has 1 aromatic heterocycles. The number of nitrogens with zero attached hydrogens (tertiary/aromatic N) is 2. The van der Waals surface area contributed by atoms with Gasteiger partial charge in [0.1, 0.15) is 16.6 Å². The highest BCUT2D eigenvalue weighted by atomic mass is 35.5. The van der Waals surface area contributed by atoms with Crippen molar-refractivity contribution >= 4 is 39.9 Å². The van der Waals surface area contributed by atoms with Crippen LogP contribution in [0.2, 0.25) is 5.02 Å². The number of rotatable bonds is 5. The lowest BCUT2D eigenvalue weighted by molar-refractivity contribution is -0.139. The van der Waals surface area contributed by atoms with Crippen molar-refractivity contribution in [3.8, 4) is 17.3 Å². The van der Waals surface area contributed by atoms with E-state index in [1.165, 1.54) is 6.92 Å². The van der Waals surface area contributed by atoms with Crippen molar-refractivity contribution in [2.24, 2.45) is 5.92 Å². The zero-order valence-corrected chi connectivity index (χ0v) is 13.6. The fourth-order valence-electron chi connectivity index (χ4n) is 1.86. The average molecular weight is 350 g/mol. The van der Waals surface area contributed by atoms with Crippen molar-refractivity contribution < 1.29 is 14.7 Å². The largest absolute Gasteiger partial charge is 0.481 e. The van der Waals surface area contributed by atoms with E-state index in [0.29, 0.717) is 21.2 Å². The lowest BCUT2D eigenvalue weighted by atomic mass is 10.1. The number of aliphatic carboxylic acids is 1. The van der Waals surface area contributed by atoms with Crippen molar-refractivity contribution in [2.75, 3.05) is 5.32 Å². The lowest BCUT2D eigenvalue weighted by Crippen LogP contribution is -2.22. The van der Waals surface area contributed by atoms with Crippen LogP contribution in [0, 0.1) is 17.2 Å². The number of hydrogen-bond donors (Lipinski definition) is 2. The summed E-state index contributed by atoms with van der Waals surface area (Å²) in [4.78, 5) is 27.2. The third-order valence-electron chi connectivity index (χ3n) is 2.99. The number of hydrogen-bond acceptors (Lipinski definition) is 5. The predicted molar refractivity (Wildman–Crippen MR) is 87.3 cm³/mol. The molecule has 0 radical (unpaired) electrons. The van der Waals surface area contributed by atoms with Gasteiger partial charge in [0.05, 0.1) is 6.42 Å². The van der Waals surface area contributed by atoms with E-state index in [0.717, 1.165) is 11.3 Å². The van der Waals surface area contributed by atoms with Crippen LogP contribution in [0.5, 0.6) is 0 Å². The number of aromatic nitrogens is 1. The van der Waals surface area contributed by atoms with E-state index in [1.54, 1.807) is 24.3 Å². The van der Waals surface area contributed by atoms with E-state index >= 15 is 0 Å². The summed E-state index contributed by atoms with van der Waals surface area (Å²) in [5.41, 5.74) is 1.10. The lowest BCUT2D eigenvalue weighted by Gasteiger charge is -2.07. The molecule has 23 heavy (non-hydrogen) atoms. The van der Waals surface area contributed by atoms with Crippen molar-refractivity contribution in [3.05, 3.63) is 34.2 Å². The summed E-state index contributed by atoms with van der Waals surface area (Å²) in [6, 6.07) is 8.93. The van der Waals surface area contributed by atoms with Crippen molar-refractivity contribution in [1.29, 1.82) is 5.26 Å². The Labute approximate surface area is 141 Å². The molecule has 0 aliphatic rings. The fraction of sp³-hybridized carbons (Fsp3) is 0.200. The highest BCUT2D eigenvalue weighted by Gasteiger charge is 2.20. The predicted octanol–water partition coefficient (Wildman–Crippen LogP) is 3.38. The van der Waals surface area contributed by atoms with Gasteiger partial charge in [0.15, 0.2) is 5.13 Å². The molecule has 0 bridgehead atoms. The highest BCUT2D eigenvalue weighted by molar-refractivity contribution is 7.16. The van der Waals surface area contributed by atoms with Crippen LogP contribution in [0.25, 0.3) is 11.3 Å². The van der Waals surface area contributed by atoms with Gasteiger partial charge in [-0.1, -0.05) is 42.0 Å². The van der Waals surface area contributed by atoms with Gasteiger partial charge in [-0.2, -0.15) is 5.26 Å². The molecule has 0 saturated carbocycles. The normalized spacial score (nSPS) is 11.5. The first-order chi connectivity index (χ1) is 10.9. The van der Waals surface area contributed by atoms with Crippen LogP contribution in [-0.2, 0) is 9.59 Å². The number of carboxylic acids is 1. The number of carbonyl (C=O) groups excluding carboxylic acids is 1. The van der Waals surface area contributed by atoms with Gasteiger partial charge >= 0.3 is 5.97 Å². The van der Waals surface area contributed by atoms with Crippen LogP contribution in [0.1, 0.15) is 18.2 Å². The van der Waals surface area contributed by atoms with Crippen LogP contribution >= 0.6 is 22.9 Å². The van der Waals surface area contributed by atoms with Crippen LogP contribution in [0.4, 0.5) is 5.13 Å². The van der Waals surface area contributed by atoms with E-state index in [-0.39, 0.29) is 11.6 Å². The number of halogens is 1. The van der Waals surface area contributed by atoms with Crippen LogP contribution in [-0.4, -0.2) is 22.0 Å². The zero-order valence-electron chi connectivity index (χ0n) is 12.0. The maximum atomic E-state index is 11.9. The SMILES string of the molecule is CC(CC(=O)O)C(=O)Nc1nc(-c2cccc(Cl)c2)c(C#N)s1. The monoisotopic (exact) mass is 349 g/mol. The summed E-state index contributed by atoms with van der Waals surface area (Å²) in [6.45, 7) is 1.51. The molecule has 0 saturated heterocycles. The average Bonchev–Trinajstić information content (AvgIpc) is 2.89. The molecule has 118 valence electrons. The third-order valence-corrected chi connectivity index (χ3v) is 4.10. The molecule has 1 atom stereocenters. The molecule has 1 heterocycles. The Hall–Kier alpha value is -2.43. The summed E-state index contributed by atoms with van der Waals surface area (Å²) < 4.78 is 0. The Balaban J connectivity index is 2.24. The number of thiazole rings is 1. The number of nitrogens with one attached hydrogen (secondary N) is 1. The molecule has 0 spiro atoms. The maximum Gasteiger partial charge on any atom is 0.304 e. The minimum Gasteiger partial charge on any atom is -0.481 e. The third kappa shape index (κ3) is 4.28. The van der Waals surface area contributed by atoms with E-state index in [4.69, 9.17) is 16.7 Å². The maximum absolute atomic E-state index is 11.9. The summed E-state index contributed by atoms with van der Waals surface area (Å²) >= 11 is 6.97. The molecule has 2 aromatic rings. The topological polar surface area (TPSA) is 103 Å². The van der Waals surface area contributed by atoms with Gasteiger partial charge < -0.3 is 10.4 Å². The number of benzene rings is 1. The standard InChI is InChI=1S/C15H12ClN3O3S/c1-8(5-12(20)21)14(22)19-15-18-13(11(7-17)23-15)9-3-2-4-10(16)6-9/h2-4,6,8H,5H2,1H3,(H,20,21)(H,18,19,22). The van der Waals surface area contributed by atoms with E-state index in [9.17, 15) is 14.9 Å². The molecule has 1 amide bonds. The summed E-state index contributed by atoms with van der Waals surface area (Å²) in [6.07, 6.45) is -0.274. The fourth-order valence-corrected chi connectivity index (χ4v) is 2.84. The number of amides is 1. The van der Waals surface area contributed by atoms with Crippen molar-refractivity contribution in [2.45, 2.75) is 13.3 Å². The van der Waals surface area contributed by atoms with Crippen LogP contribution < -0.4 is 5.32 Å². The minimum atomic E-state index is -1.05. The summed E-state index contributed by atoms with van der Waals surface area (Å²) in [5, 5.41) is 21.2. The van der Waals surface area contributed by atoms with Crippen molar-refractivity contribution in [3.63, 3.8) is 0 Å². The Bertz CT molecular complexity index is 798. The molecule has 2 N–H and O–H groups in total. The number of carboxylic acid groups (broad SMARTS) is 1. The molecule has 2 rings (SSSR count). The highest BCUT2D eigenvalue weighted by Crippen LogP contribution is 2.32. The summed E-state index contributed by atoms with van der Waals surface area (Å²) in [7, 11) is 0. The number of anilines is 1. The molecule has 8 heteroatoms. The Morgan fingerprint density at radius 3 is 2.87 bits per heavy atom. The second-order valence-corrected chi connectivity index (χ2v) is 6.24. The first-order valence-electron chi connectivity index (χ1n) is 6.60. The van der Waals surface area contributed by atoms with Crippen molar-refractivity contribution in [1.82, 2.24) is 4.98 Å². The molecule has 1 unspecified atom stereocenters. The minimum absolute atomic E-state index is 0.249. The molecular formula is C15H12ClN3O3S. The van der Waals surface area contributed by atoms with Gasteiger partial charge in [0.25, 0.3) is 0 Å². The van der Waals surface area contributed by atoms with Gasteiger partial charge in [-0.05, 0) is 12.1 Å². The van der Waals surface area contributed by atoms with E-state index in [1.807, 2.05) is 6.07 Å². The van der Waals surface area contributed by atoms with Crippen LogP contribution in [0.15, 0.2) is 24.3 Å². The number of carbonyl (C=O) groups is 2. The van der Waals surface area contributed by atoms with E-state index < -0.39 is 17.8 Å². The first-order valence-corrected chi connectivity index (χ1v) is 7.79. The molecule has 1 aromatic carbocycles. The Morgan fingerprint density at radius 1 is 1.52 bits per heavy atom. The molecule has 0 fully saturated rings. The molecule has 0 aliphatic carbocycles. The Morgan fingerprint density at radius 2 is 2.26 bits per heavy atom. The number of nitriles is 1. The quantitative estimate of drug-likeness (QED) is 0.861. The molecule has 0 aliphatic heterocycles. The molecule has 6 nitrogen and oxygen atoms in total. The second-order valence-electron chi connectivity index (χ2n) is 4.81. The van der Waals surface area contributed by atoms with E-state index in [2.05, 4.69) is 10.3 Å². The smallest absolute Gasteiger partial charge is 0.304 e. The first kappa shape index (κ1) is 16.9. The van der Waals surface area contributed by atoms with Gasteiger partial charge in [-0.15, -0.1) is 0 Å². The van der Waals surface area contributed by atoms with Gasteiger partial charge in [0, 0.05) is 16.5 Å². The summed E-state index contributed by atoms with van der Waals surface area (Å²) in [5.74, 6) is -2.20. The Kier molecular flexibility index (Phi) is 5.32. The van der Waals surface area contributed by atoms with Gasteiger partial charge in [0.2, 0.25) is 5.91 Å². The zero-order chi connectivity index (χ0) is 17.0. The van der Waals surface area contributed by atoms with Gasteiger partial charge in [-0.25, -0.2) is 4.98 Å². The molecular weight excluding hydrogens is 338 g/mol. The second kappa shape index (κ2) is 7.22. The van der Waals surface area contributed by atoms with Crippen LogP contribution in [0.3, 0.4) is 0 Å².